The molecule has 24 heteroatoms. The summed E-state index contributed by atoms with van der Waals surface area (Å²) in [6.45, 7) is 27.2. The van der Waals surface area contributed by atoms with E-state index >= 15 is 0 Å². The van der Waals surface area contributed by atoms with E-state index in [2.05, 4.69) is 4.74 Å². The number of ether oxygens (including phenoxy) is 11. The molecule has 4 amide bonds. The van der Waals surface area contributed by atoms with Crippen LogP contribution < -0.4 is 0 Å². The van der Waals surface area contributed by atoms with E-state index in [0.717, 1.165) is 18.2 Å². The first-order valence-corrected chi connectivity index (χ1v) is 31.1. The van der Waals surface area contributed by atoms with Crippen LogP contribution in [0.25, 0.3) is 0 Å². The molecule has 0 unspecified atom stereocenters. The Morgan fingerprint density at radius 1 is 0.436 bits per heavy atom. The number of nitrogens with zero attached hydrogens (tertiary/aromatic N) is 3. The van der Waals surface area contributed by atoms with Gasteiger partial charge in [0.1, 0.15) is 65.6 Å². The molecule has 0 aliphatic carbocycles. The van der Waals surface area contributed by atoms with Gasteiger partial charge in [-0.2, -0.15) is 4.90 Å². The highest BCUT2D eigenvalue weighted by molar-refractivity contribution is 6.01. The highest BCUT2D eigenvalue weighted by Gasteiger charge is 2.45. The molecule has 2 heterocycles. The lowest BCUT2D eigenvalue weighted by Crippen LogP contribution is -2.47. The van der Waals surface area contributed by atoms with E-state index in [-0.39, 0.29) is 44.7 Å². The predicted molar refractivity (Wildman–Crippen MR) is 345 cm³/mol. The maximum absolute atomic E-state index is 13.4. The van der Waals surface area contributed by atoms with Crippen LogP contribution in [0.3, 0.4) is 0 Å². The van der Waals surface area contributed by atoms with Gasteiger partial charge in [0, 0.05) is 17.7 Å². The van der Waals surface area contributed by atoms with Gasteiger partial charge < -0.3 is 52.1 Å². The van der Waals surface area contributed by atoms with E-state index in [1.54, 1.807) is 147 Å². The number of benzene rings is 3. The van der Waals surface area contributed by atoms with Crippen LogP contribution in [0.15, 0.2) is 114 Å². The Bertz CT molecular complexity index is 3030. The van der Waals surface area contributed by atoms with Crippen molar-refractivity contribution in [1.82, 2.24) is 14.7 Å². The minimum absolute atomic E-state index is 0.00622. The molecule has 24 nitrogen and oxygen atoms in total. The lowest BCUT2D eigenvalue weighted by molar-refractivity contribution is -0.161. The predicted octanol–water partition coefficient (Wildman–Crippen LogP) is 14.2. The number of methoxy groups -OCH3 is 2. The van der Waals surface area contributed by atoms with Gasteiger partial charge in [-0.3, -0.25) is 9.80 Å². The normalized spacial score (nSPS) is 16.6. The van der Waals surface area contributed by atoms with Gasteiger partial charge in [-0.1, -0.05) is 103 Å². The minimum Gasteiger partial charge on any atom is -0.466 e. The fraction of sp³-hybridized carbons (Fsp3) is 0.543. The fourth-order valence-electron chi connectivity index (χ4n) is 9.17. The molecule has 2 saturated heterocycles. The molecule has 2 fully saturated rings. The summed E-state index contributed by atoms with van der Waals surface area (Å²) in [4.78, 5) is 129. The Hall–Kier alpha value is -8.96. The largest absolute Gasteiger partial charge is 0.519 e. The Balaban J connectivity index is 0.000000425. The van der Waals surface area contributed by atoms with E-state index < -0.39 is 106 Å². The first-order chi connectivity index (χ1) is 43.7. The first kappa shape index (κ1) is 79.3. The molecule has 0 aromatic heterocycles. The van der Waals surface area contributed by atoms with Gasteiger partial charge >= 0.3 is 60.6 Å². The molecule has 3 aromatic carbocycles. The lowest BCUT2D eigenvalue weighted by Gasteiger charge is -2.30. The Labute approximate surface area is 552 Å². The van der Waals surface area contributed by atoms with Crippen LogP contribution in [0.1, 0.15) is 179 Å². The van der Waals surface area contributed by atoms with Gasteiger partial charge in [0.15, 0.2) is 0 Å². The average Bonchev–Trinajstić information content (AvgIpc) is 1.63. The van der Waals surface area contributed by atoms with Gasteiger partial charge in [-0.05, 0) is 179 Å². The fourth-order valence-corrected chi connectivity index (χ4v) is 9.17. The number of esters is 4. The van der Waals surface area contributed by atoms with Crippen molar-refractivity contribution in [3.8, 4) is 0 Å². The maximum atomic E-state index is 13.4. The van der Waals surface area contributed by atoms with E-state index in [1.807, 2.05) is 60.7 Å². The lowest BCUT2D eigenvalue weighted by atomic mass is 10.1. The molecule has 0 radical (unpaired) electrons. The zero-order chi connectivity index (χ0) is 70.8. The maximum Gasteiger partial charge on any atom is 0.519 e. The van der Waals surface area contributed by atoms with E-state index in [1.165, 1.54) is 23.0 Å². The molecule has 518 valence electrons. The number of rotatable bonds is 17. The highest BCUT2D eigenvalue weighted by atomic mass is 16.8. The van der Waals surface area contributed by atoms with Crippen LogP contribution in [-0.4, -0.2) is 142 Å². The zero-order valence-electron chi connectivity index (χ0n) is 57.8. The molecule has 3 aromatic rings. The van der Waals surface area contributed by atoms with Gasteiger partial charge in [-0.25, -0.2) is 47.9 Å². The van der Waals surface area contributed by atoms with E-state index in [9.17, 15) is 47.9 Å². The van der Waals surface area contributed by atoms with Crippen LogP contribution in [0.2, 0.25) is 0 Å². The quantitative estimate of drug-likeness (QED) is 0.0525. The summed E-state index contributed by atoms with van der Waals surface area (Å²) >= 11 is 0. The summed E-state index contributed by atoms with van der Waals surface area (Å²) in [6, 6.07) is 25.1. The molecule has 2 aliphatic rings. The molecule has 2 aliphatic heterocycles. The zero-order valence-corrected chi connectivity index (χ0v) is 57.8. The molecule has 0 N–H and O–H groups in total. The summed E-state index contributed by atoms with van der Waals surface area (Å²) in [5, 5.41) is 0. The number of allylic oxidation sites excluding steroid dienone is 2. The molecular weight excluding hydrogens is 1220 g/mol. The van der Waals surface area contributed by atoms with Gasteiger partial charge in [0.25, 0.3) is 0 Å². The second-order valence-corrected chi connectivity index (χ2v) is 27.0. The summed E-state index contributed by atoms with van der Waals surface area (Å²) in [5.41, 5.74) is -1.39. The third kappa shape index (κ3) is 29.8. The third-order valence-electron chi connectivity index (χ3n) is 13.0. The number of carbonyl (C=O) groups is 10. The molecule has 0 spiro atoms. The van der Waals surface area contributed by atoms with Gasteiger partial charge in [0.05, 0.1) is 14.2 Å². The first-order valence-electron chi connectivity index (χ1n) is 31.1. The van der Waals surface area contributed by atoms with Crippen LogP contribution in [0.4, 0.5) is 28.8 Å². The van der Waals surface area contributed by atoms with E-state index in [4.69, 9.17) is 47.4 Å². The average molecular weight is 1320 g/mol. The molecule has 0 bridgehead atoms. The Kier molecular flexibility index (Phi) is 30.8. The topological polar surface area (TPSA) is 282 Å². The second kappa shape index (κ2) is 36.5. The van der Waals surface area contributed by atoms with Crippen LogP contribution in [0, 0.1) is 0 Å². The Morgan fingerprint density at radius 3 is 1.12 bits per heavy atom. The minimum atomic E-state index is -1.14. The van der Waals surface area contributed by atoms with Crippen molar-refractivity contribution < 1.29 is 100 Å². The highest BCUT2D eigenvalue weighted by Crippen LogP contribution is 2.33. The SMILES string of the molecule is CC(C)(C)OC(=O)OC(=O)OC(C)(C)C.COC(=O)/C(=C\CC[C@H]1CC[C@@H](C(=O)OC(C)(C)C)N1C(=O)OCc1ccccc1)N(C(=O)OCc1ccccc1)C(=O)OC(C)(C)C.COC(=O)/C(C)=C\CC[C@H]1CC[C@@H](C(=O)OC(C)(C)C)N1C(=O)OCc1ccccc1. The molecule has 0 saturated carbocycles. The molecular formula is C70H97N3O21. The summed E-state index contributed by atoms with van der Waals surface area (Å²) in [6.07, 6.45) is 1.04. The Morgan fingerprint density at radius 2 is 0.777 bits per heavy atom. The van der Waals surface area contributed by atoms with Crippen molar-refractivity contribution >= 4 is 60.6 Å². The van der Waals surface area contributed by atoms with Crippen LogP contribution >= 0.6 is 0 Å². The molecule has 4 atom stereocenters. The van der Waals surface area contributed by atoms with Gasteiger partial charge in [0.2, 0.25) is 0 Å². The van der Waals surface area contributed by atoms with Crippen molar-refractivity contribution in [1.29, 1.82) is 0 Å². The second-order valence-electron chi connectivity index (χ2n) is 27.0. The number of imide groups is 1. The smallest absolute Gasteiger partial charge is 0.466 e. The van der Waals surface area contributed by atoms with Crippen molar-refractivity contribution in [2.75, 3.05) is 14.2 Å². The van der Waals surface area contributed by atoms with Gasteiger partial charge in [-0.15, -0.1) is 0 Å². The van der Waals surface area contributed by atoms with Crippen molar-refractivity contribution in [2.24, 2.45) is 0 Å². The number of hydrogen-bond donors (Lipinski definition) is 0. The third-order valence-corrected chi connectivity index (χ3v) is 13.0. The molecule has 94 heavy (non-hydrogen) atoms. The monoisotopic (exact) mass is 1320 g/mol. The van der Waals surface area contributed by atoms with E-state index in [0.29, 0.717) is 54.6 Å². The summed E-state index contributed by atoms with van der Waals surface area (Å²) < 4.78 is 56.5. The molecule has 5 rings (SSSR count). The summed E-state index contributed by atoms with van der Waals surface area (Å²) in [7, 11) is 2.46. The number of likely N-dealkylation sites (tertiary alicyclic amines) is 2. The summed E-state index contributed by atoms with van der Waals surface area (Å²) in [5.74, 6) is -2.33. The van der Waals surface area contributed by atoms with Crippen LogP contribution in [0.5, 0.6) is 0 Å². The standard InChI is InChI=1S/C36H46N2O10.C24H33NO6.C10H18O5/c1-35(2,3)47-31(40)29-22-21-27(37(29)32(41)45-23-25-15-10-8-11-16-25)19-14-20-28(30(39)44-7)38(34(43)48-36(4,5)6)33(42)46-24-26-17-12-9-13-18-26;1-17(21(26)29-5)10-9-13-19-14-15-20(22(27)31-24(2,3)4)25(19)23(28)30-16-18-11-7-6-8-12-18;1-9(2,3)14-7(11)13-8(12)15-10(4,5)6/h8-13,15-18,20,27,29H,14,19,21-24H2,1-7H3;6-8,10-12,19-20H,9,13-16H2,1-5H3;1-6H3/b28-20+;17-10-;/t27-,29-;19-,20-;/m00./s1. The van der Waals surface area contributed by atoms with Crippen molar-refractivity contribution in [3.63, 3.8) is 0 Å². The van der Waals surface area contributed by atoms with Crippen LogP contribution in [-0.2, 0) is 91.1 Å². The van der Waals surface area contributed by atoms with Crippen molar-refractivity contribution in [3.05, 3.63) is 131 Å². The number of carbonyl (C=O) groups excluding carboxylic acids is 10. The number of hydrogen-bond acceptors (Lipinski definition) is 21. The van der Waals surface area contributed by atoms with Crippen molar-refractivity contribution in [2.45, 2.75) is 234 Å². The number of amides is 4.